The van der Waals surface area contributed by atoms with E-state index in [1.165, 1.54) is 43.2 Å². The highest BCUT2D eigenvalue weighted by atomic mass is 14.4. The van der Waals surface area contributed by atoms with Gasteiger partial charge < -0.3 is 0 Å². The summed E-state index contributed by atoms with van der Waals surface area (Å²) >= 11 is 0. The predicted molar refractivity (Wildman–Crippen MR) is 80.1 cm³/mol. The maximum absolute atomic E-state index is 2.44. The van der Waals surface area contributed by atoms with Gasteiger partial charge in [-0.05, 0) is 41.2 Å². The average molecular weight is 244 g/mol. The smallest absolute Gasteiger partial charge is 0.00753 e. The molecule has 100 valence electrons. The van der Waals surface area contributed by atoms with Crippen LogP contribution in [0.4, 0.5) is 0 Å². The van der Waals surface area contributed by atoms with E-state index in [1.807, 2.05) is 0 Å². The van der Waals surface area contributed by atoms with Gasteiger partial charge in [0.2, 0.25) is 0 Å². The SMILES string of the molecule is CC(C)c1ccc(C(C)(C)C2CCCCC2)cc1. The first-order chi connectivity index (χ1) is 8.51. The molecule has 0 N–H and O–H groups in total. The summed E-state index contributed by atoms with van der Waals surface area (Å²) in [6.45, 7) is 9.41. The number of hydrogen-bond acceptors (Lipinski definition) is 0. The maximum Gasteiger partial charge on any atom is -0.00753 e. The average Bonchev–Trinajstić information content (AvgIpc) is 2.40. The molecule has 0 bridgehead atoms. The van der Waals surface area contributed by atoms with Crippen molar-refractivity contribution in [3.05, 3.63) is 35.4 Å². The normalized spacial score (nSPS) is 18.3. The highest BCUT2D eigenvalue weighted by Crippen LogP contribution is 2.40. The minimum absolute atomic E-state index is 0.343. The third-order valence-corrected chi connectivity index (χ3v) is 4.95. The molecule has 18 heavy (non-hydrogen) atoms. The first kappa shape index (κ1) is 13.6. The molecule has 0 saturated heterocycles. The standard InChI is InChI=1S/C18H28/c1-14(2)15-10-12-17(13-11-15)18(3,4)16-8-6-5-7-9-16/h10-14,16H,5-9H2,1-4H3. The van der Waals surface area contributed by atoms with Gasteiger partial charge in [-0.15, -0.1) is 0 Å². The van der Waals surface area contributed by atoms with Crippen molar-refractivity contribution in [2.24, 2.45) is 5.92 Å². The lowest BCUT2D eigenvalue weighted by atomic mass is 9.67. The van der Waals surface area contributed by atoms with Crippen molar-refractivity contribution in [3.63, 3.8) is 0 Å². The second kappa shape index (κ2) is 5.47. The van der Waals surface area contributed by atoms with Gasteiger partial charge in [-0.25, -0.2) is 0 Å². The summed E-state index contributed by atoms with van der Waals surface area (Å²) < 4.78 is 0. The van der Waals surface area contributed by atoms with Gasteiger partial charge in [0, 0.05) is 0 Å². The van der Waals surface area contributed by atoms with E-state index in [0.29, 0.717) is 11.3 Å². The minimum Gasteiger partial charge on any atom is -0.0587 e. The fourth-order valence-electron chi connectivity index (χ4n) is 3.36. The van der Waals surface area contributed by atoms with Crippen molar-refractivity contribution in [1.29, 1.82) is 0 Å². The Bertz CT molecular complexity index is 364. The maximum atomic E-state index is 2.44. The molecule has 1 aliphatic carbocycles. The molecule has 0 atom stereocenters. The molecule has 0 radical (unpaired) electrons. The summed E-state index contributed by atoms with van der Waals surface area (Å²) in [5.41, 5.74) is 3.33. The zero-order valence-electron chi connectivity index (χ0n) is 12.5. The topological polar surface area (TPSA) is 0 Å². The van der Waals surface area contributed by atoms with Crippen LogP contribution in [0.3, 0.4) is 0 Å². The Balaban J connectivity index is 2.17. The van der Waals surface area contributed by atoms with Gasteiger partial charge in [0.15, 0.2) is 0 Å². The Hall–Kier alpha value is -0.780. The van der Waals surface area contributed by atoms with Crippen LogP contribution in [0.5, 0.6) is 0 Å². The highest BCUT2D eigenvalue weighted by molar-refractivity contribution is 5.30. The van der Waals surface area contributed by atoms with E-state index in [0.717, 1.165) is 5.92 Å². The van der Waals surface area contributed by atoms with E-state index in [-0.39, 0.29) is 0 Å². The van der Waals surface area contributed by atoms with Crippen molar-refractivity contribution < 1.29 is 0 Å². The summed E-state index contributed by atoms with van der Waals surface area (Å²) in [4.78, 5) is 0. The van der Waals surface area contributed by atoms with E-state index < -0.39 is 0 Å². The third-order valence-electron chi connectivity index (χ3n) is 4.95. The quantitative estimate of drug-likeness (QED) is 0.643. The molecule has 1 aromatic carbocycles. The molecule has 0 nitrogen and oxygen atoms in total. The predicted octanol–water partition coefficient (Wildman–Crippen LogP) is 5.67. The van der Waals surface area contributed by atoms with Crippen LogP contribution in [0.25, 0.3) is 0 Å². The zero-order valence-corrected chi connectivity index (χ0v) is 12.5. The summed E-state index contributed by atoms with van der Waals surface area (Å²) in [5, 5.41) is 0. The summed E-state index contributed by atoms with van der Waals surface area (Å²) in [7, 11) is 0. The molecule has 0 unspecified atom stereocenters. The molecule has 1 saturated carbocycles. The van der Waals surface area contributed by atoms with Crippen LogP contribution < -0.4 is 0 Å². The van der Waals surface area contributed by atoms with Crippen LogP contribution in [0, 0.1) is 5.92 Å². The molecule has 1 aliphatic rings. The molecule has 1 aromatic rings. The van der Waals surface area contributed by atoms with Gasteiger partial charge in [-0.3, -0.25) is 0 Å². The number of benzene rings is 1. The first-order valence-electron chi connectivity index (χ1n) is 7.62. The Kier molecular flexibility index (Phi) is 4.14. The van der Waals surface area contributed by atoms with E-state index in [1.54, 1.807) is 0 Å². The zero-order chi connectivity index (χ0) is 13.2. The lowest BCUT2D eigenvalue weighted by Gasteiger charge is -2.37. The highest BCUT2D eigenvalue weighted by Gasteiger charge is 2.31. The van der Waals surface area contributed by atoms with Gasteiger partial charge in [0.25, 0.3) is 0 Å². The molecule has 0 heterocycles. The fraction of sp³-hybridized carbons (Fsp3) is 0.667. The summed E-state index contributed by atoms with van der Waals surface area (Å²) in [6, 6.07) is 9.38. The van der Waals surface area contributed by atoms with E-state index in [9.17, 15) is 0 Å². The fourth-order valence-corrected chi connectivity index (χ4v) is 3.36. The van der Waals surface area contributed by atoms with Gasteiger partial charge in [0.1, 0.15) is 0 Å². The van der Waals surface area contributed by atoms with E-state index in [2.05, 4.69) is 52.0 Å². The minimum atomic E-state index is 0.343. The second-order valence-corrected chi connectivity index (χ2v) is 6.83. The van der Waals surface area contributed by atoms with Crippen molar-refractivity contribution in [2.75, 3.05) is 0 Å². The van der Waals surface area contributed by atoms with Crippen LogP contribution in [0.15, 0.2) is 24.3 Å². The van der Waals surface area contributed by atoms with Crippen LogP contribution in [-0.2, 0) is 5.41 Å². The summed E-state index contributed by atoms with van der Waals surface area (Å²) in [5.74, 6) is 1.51. The van der Waals surface area contributed by atoms with E-state index in [4.69, 9.17) is 0 Å². The van der Waals surface area contributed by atoms with Gasteiger partial charge in [-0.1, -0.05) is 71.2 Å². The lowest BCUT2D eigenvalue weighted by Crippen LogP contribution is -2.30. The van der Waals surface area contributed by atoms with Crippen LogP contribution in [-0.4, -0.2) is 0 Å². The van der Waals surface area contributed by atoms with Crippen molar-refractivity contribution >= 4 is 0 Å². The molecule has 1 fully saturated rings. The Morgan fingerprint density at radius 3 is 2.00 bits per heavy atom. The van der Waals surface area contributed by atoms with Gasteiger partial charge in [0.05, 0.1) is 0 Å². The second-order valence-electron chi connectivity index (χ2n) is 6.83. The van der Waals surface area contributed by atoms with Gasteiger partial charge in [-0.2, -0.15) is 0 Å². The van der Waals surface area contributed by atoms with E-state index >= 15 is 0 Å². The molecule has 2 rings (SSSR count). The van der Waals surface area contributed by atoms with Crippen molar-refractivity contribution in [2.45, 2.75) is 71.1 Å². The third kappa shape index (κ3) is 2.79. The van der Waals surface area contributed by atoms with Crippen LogP contribution >= 0.6 is 0 Å². The van der Waals surface area contributed by atoms with Crippen LogP contribution in [0.1, 0.15) is 76.8 Å². The molecule has 0 aliphatic heterocycles. The first-order valence-corrected chi connectivity index (χ1v) is 7.62. The molecule has 0 amide bonds. The Labute approximate surface area is 113 Å². The summed E-state index contributed by atoms with van der Waals surface area (Å²) in [6.07, 6.45) is 7.13. The molecular formula is C18H28. The number of rotatable bonds is 3. The monoisotopic (exact) mass is 244 g/mol. The largest absolute Gasteiger partial charge is 0.0587 e. The lowest BCUT2D eigenvalue weighted by molar-refractivity contribution is 0.236. The molecule has 0 spiro atoms. The van der Waals surface area contributed by atoms with Crippen LogP contribution in [0.2, 0.25) is 0 Å². The molecular weight excluding hydrogens is 216 g/mol. The Morgan fingerprint density at radius 1 is 0.944 bits per heavy atom. The molecule has 0 aromatic heterocycles. The molecule has 0 heteroatoms. The van der Waals surface area contributed by atoms with Gasteiger partial charge >= 0.3 is 0 Å². The van der Waals surface area contributed by atoms with Crippen molar-refractivity contribution in [3.8, 4) is 0 Å². The number of hydrogen-bond donors (Lipinski definition) is 0. The Morgan fingerprint density at radius 2 is 1.50 bits per heavy atom. The van der Waals surface area contributed by atoms with Crippen molar-refractivity contribution in [1.82, 2.24) is 0 Å².